The minimum Gasteiger partial charge on any atom is -0.335 e. The summed E-state index contributed by atoms with van der Waals surface area (Å²) in [6.45, 7) is 3.97. The van der Waals surface area contributed by atoms with Crippen molar-refractivity contribution in [2.75, 3.05) is 5.32 Å². The van der Waals surface area contributed by atoms with Gasteiger partial charge in [0, 0.05) is 17.3 Å². The maximum Gasteiger partial charge on any atom is 0.319 e. The zero-order chi connectivity index (χ0) is 18.5. The Kier molecular flexibility index (Phi) is 5.53. The molecule has 134 valence electrons. The number of halogens is 1. The van der Waals surface area contributed by atoms with E-state index in [1.54, 1.807) is 18.2 Å². The van der Waals surface area contributed by atoms with E-state index >= 15 is 0 Å². The molecule has 7 heteroatoms. The number of nitrogens with zero attached hydrogens (tertiary/aromatic N) is 2. The largest absolute Gasteiger partial charge is 0.335 e. The third-order valence-corrected chi connectivity index (χ3v) is 4.25. The van der Waals surface area contributed by atoms with Crippen LogP contribution in [0.2, 0.25) is 5.02 Å². The van der Waals surface area contributed by atoms with Crippen molar-refractivity contribution in [3.05, 3.63) is 53.6 Å². The average molecular weight is 371 g/mol. The Morgan fingerprint density at radius 2 is 1.92 bits per heavy atom. The fraction of sp³-hybridized carbons (Fsp3) is 0.211. The van der Waals surface area contributed by atoms with Crippen molar-refractivity contribution in [3.63, 3.8) is 0 Å². The molecule has 1 heterocycles. The number of amides is 2. The SMILES string of the molecule is CC[C@H](C)NC(=O)Nc1ccc(-c2noc(-c3ccccc3Cl)n2)cc1. The molecule has 0 unspecified atom stereocenters. The summed E-state index contributed by atoms with van der Waals surface area (Å²) in [5.74, 6) is 0.816. The molecule has 0 saturated carbocycles. The van der Waals surface area contributed by atoms with Crippen molar-refractivity contribution < 1.29 is 9.32 Å². The molecule has 1 atom stereocenters. The molecule has 0 bridgehead atoms. The average Bonchev–Trinajstić information content (AvgIpc) is 3.12. The summed E-state index contributed by atoms with van der Waals surface area (Å²) in [5.41, 5.74) is 2.15. The Bertz CT molecular complexity index is 893. The first-order valence-corrected chi connectivity index (χ1v) is 8.71. The third kappa shape index (κ3) is 4.21. The van der Waals surface area contributed by atoms with Gasteiger partial charge in [0.1, 0.15) is 0 Å². The van der Waals surface area contributed by atoms with E-state index in [0.29, 0.717) is 28.0 Å². The van der Waals surface area contributed by atoms with Crippen LogP contribution in [0.5, 0.6) is 0 Å². The zero-order valence-corrected chi connectivity index (χ0v) is 15.2. The fourth-order valence-corrected chi connectivity index (χ4v) is 2.50. The molecule has 3 rings (SSSR count). The number of hydrogen-bond acceptors (Lipinski definition) is 4. The molecule has 0 aliphatic carbocycles. The van der Waals surface area contributed by atoms with E-state index in [-0.39, 0.29) is 12.1 Å². The summed E-state index contributed by atoms with van der Waals surface area (Å²) in [6, 6.07) is 14.4. The number of anilines is 1. The quantitative estimate of drug-likeness (QED) is 0.664. The number of carbonyl (C=O) groups excluding carboxylic acids is 1. The summed E-state index contributed by atoms with van der Waals surface area (Å²) < 4.78 is 5.31. The fourth-order valence-electron chi connectivity index (χ4n) is 2.28. The molecule has 0 aliphatic rings. The monoisotopic (exact) mass is 370 g/mol. The Balaban J connectivity index is 1.71. The minimum absolute atomic E-state index is 0.122. The second-order valence-electron chi connectivity index (χ2n) is 5.89. The Morgan fingerprint density at radius 3 is 2.62 bits per heavy atom. The molecule has 0 saturated heterocycles. The van der Waals surface area contributed by atoms with E-state index in [1.165, 1.54) is 0 Å². The van der Waals surface area contributed by atoms with Gasteiger partial charge in [0.2, 0.25) is 5.82 Å². The van der Waals surface area contributed by atoms with E-state index in [0.717, 1.165) is 12.0 Å². The Morgan fingerprint density at radius 1 is 1.19 bits per heavy atom. The standard InChI is InChI=1S/C19H19ClN4O2/c1-3-12(2)21-19(25)22-14-10-8-13(9-11-14)17-23-18(26-24-17)15-6-4-5-7-16(15)20/h4-12H,3H2,1-2H3,(H2,21,22,25)/t12-/m0/s1. The Labute approximate surface area is 156 Å². The van der Waals surface area contributed by atoms with Crippen LogP contribution in [0.15, 0.2) is 53.1 Å². The lowest BCUT2D eigenvalue weighted by molar-refractivity contribution is 0.249. The molecule has 0 radical (unpaired) electrons. The summed E-state index contributed by atoms with van der Waals surface area (Å²) >= 11 is 6.16. The van der Waals surface area contributed by atoms with Crippen LogP contribution in [-0.4, -0.2) is 22.2 Å². The number of urea groups is 1. The predicted octanol–water partition coefficient (Wildman–Crippen LogP) is 4.98. The van der Waals surface area contributed by atoms with Gasteiger partial charge in [0.15, 0.2) is 0 Å². The van der Waals surface area contributed by atoms with Gasteiger partial charge in [0.25, 0.3) is 5.89 Å². The van der Waals surface area contributed by atoms with Crippen molar-refractivity contribution in [1.82, 2.24) is 15.5 Å². The minimum atomic E-state index is -0.229. The second kappa shape index (κ2) is 8.01. The lowest BCUT2D eigenvalue weighted by atomic mass is 10.2. The van der Waals surface area contributed by atoms with Gasteiger partial charge in [-0.05, 0) is 49.7 Å². The molecule has 6 nitrogen and oxygen atoms in total. The molecular formula is C19H19ClN4O2. The number of aromatic nitrogens is 2. The maximum atomic E-state index is 11.9. The van der Waals surface area contributed by atoms with Crippen LogP contribution in [0.25, 0.3) is 22.8 Å². The van der Waals surface area contributed by atoms with Crippen LogP contribution >= 0.6 is 11.6 Å². The first-order chi connectivity index (χ1) is 12.6. The number of hydrogen-bond donors (Lipinski definition) is 2. The van der Waals surface area contributed by atoms with E-state index in [1.807, 2.05) is 44.2 Å². The van der Waals surface area contributed by atoms with Crippen molar-refractivity contribution in [1.29, 1.82) is 0 Å². The van der Waals surface area contributed by atoms with Gasteiger partial charge >= 0.3 is 6.03 Å². The van der Waals surface area contributed by atoms with Gasteiger partial charge in [-0.15, -0.1) is 0 Å². The molecule has 2 aromatic carbocycles. The van der Waals surface area contributed by atoms with Gasteiger partial charge in [-0.1, -0.05) is 35.8 Å². The van der Waals surface area contributed by atoms with Crippen LogP contribution in [0.4, 0.5) is 10.5 Å². The lowest BCUT2D eigenvalue weighted by Crippen LogP contribution is -2.35. The summed E-state index contributed by atoms with van der Waals surface area (Å²) in [7, 11) is 0. The first kappa shape index (κ1) is 17.9. The van der Waals surface area contributed by atoms with E-state index in [9.17, 15) is 4.79 Å². The summed E-state index contributed by atoms with van der Waals surface area (Å²) in [4.78, 5) is 16.2. The lowest BCUT2D eigenvalue weighted by Gasteiger charge is -2.12. The van der Waals surface area contributed by atoms with Crippen molar-refractivity contribution in [2.24, 2.45) is 0 Å². The van der Waals surface area contributed by atoms with Gasteiger partial charge in [0.05, 0.1) is 10.6 Å². The van der Waals surface area contributed by atoms with Gasteiger partial charge in [-0.3, -0.25) is 0 Å². The molecule has 0 spiro atoms. The van der Waals surface area contributed by atoms with Crippen LogP contribution in [0.3, 0.4) is 0 Å². The number of rotatable bonds is 5. The van der Waals surface area contributed by atoms with Gasteiger partial charge < -0.3 is 15.2 Å². The second-order valence-corrected chi connectivity index (χ2v) is 6.30. The molecule has 26 heavy (non-hydrogen) atoms. The topological polar surface area (TPSA) is 80.0 Å². The highest BCUT2D eigenvalue weighted by molar-refractivity contribution is 6.33. The molecular weight excluding hydrogens is 352 g/mol. The van der Waals surface area contributed by atoms with Crippen LogP contribution in [-0.2, 0) is 0 Å². The number of benzene rings is 2. The smallest absolute Gasteiger partial charge is 0.319 e. The molecule has 0 fully saturated rings. The normalized spacial score (nSPS) is 11.8. The molecule has 0 aliphatic heterocycles. The summed E-state index contributed by atoms with van der Waals surface area (Å²) in [5, 5.41) is 10.2. The Hall–Kier alpha value is -2.86. The van der Waals surface area contributed by atoms with Gasteiger partial charge in [-0.2, -0.15) is 4.98 Å². The molecule has 2 N–H and O–H groups in total. The summed E-state index contributed by atoms with van der Waals surface area (Å²) in [6.07, 6.45) is 0.873. The maximum absolute atomic E-state index is 11.9. The first-order valence-electron chi connectivity index (χ1n) is 8.33. The molecule has 3 aromatic rings. The molecule has 2 amide bonds. The van der Waals surface area contributed by atoms with E-state index in [2.05, 4.69) is 20.8 Å². The van der Waals surface area contributed by atoms with Crippen molar-refractivity contribution >= 4 is 23.3 Å². The zero-order valence-electron chi connectivity index (χ0n) is 14.5. The van der Waals surface area contributed by atoms with E-state index in [4.69, 9.17) is 16.1 Å². The highest BCUT2D eigenvalue weighted by atomic mass is 35.5. The highest BCUT2D eigenvalue weighted by Crippen LogP contribution is 2.28. The van der Waals surface area contributed by atoms with Crippen LogP contribution in [0.1, 0.15) is 20.3 Å². The van der Waals surface area contributed by atoms with Crippen molar-refractivity contribution in [3.8, 4) is 22.8 Å². The van der Waals surface area contributed by atoms with Crippen LogP contribution < -0.4 is 10.6 Å². The number of carbonyl (C=O) groups is 1. The highest BCUT2D eigenvalue weighted by Gasteiger charge is 2.13. The molecule has 1 aromatic heterocycles. The predicted molar refractivity (Wildman–Crippen MR) is 102 cm³/mol. The van der Waals surface area contributed by atoms with Crippen molar-refractivity contribution in [2.45, 2.75) is 26.3 Å². The third-order valence-electron chi connectivity index (χ3n) is 3.92. The van der Waals surface area contributed by atoms with Gasteiger partial charge in [-0.25, -0.2) is 4.79 Å². The number of nitrogens with one attached hydrogen (secondary N) is 2. The van der Waals surface area contributed by atoms with E-state index < -0.39 is 0 Å². The van der Waals surface area contributed by atoms with Crippen LogP contribution in [0, 0.1) is 0 Å².